The summed E-state index contributed by atoms with van der Waals surface area (Å²) in [5.41, 5.74) is 3.44. The SMILES string of the molecule is COC(=O)c1cc(C(=O)OC)cc(-n2c(C)cc(C(=O)COc3ccc(-c4nnco4)cc3)c2C)c1. The first-order valence-corrected chi connectivity index (χ1v) is 10.9. The van der Waals surface area contributed by atoms with Crippen LogP contribution in [0, 0.1) is 13.8 Å². The largest absolute Gasteiger partial charge is 0.485 e. The monoisotopic (exact) mass is 489 g/mol. The molecule has 0 N–H and O–H groups in total. The lowest BCUT2D eigenvalue weighted by molar-refractivity contribution is 0.0598. The Labute approximate surface area is 206 Å². The highest BCUT2D eigenvalue weighted by atomic mass is 16.5. The number of aryl methyl sites for hydroxylation is 1. The van der Waals surface area contributed by atoms with E-state index in [2.05, 4.69) is 10.2 Å². The van der Waals surface area contributed by atoms with E-state index in [4.69, 9.17) is 18.6 Å². The van der Waals surface area contributed by atoms with Crippen LogP contribution in [0.4, 0.5) is 0 Å². The summed E-state index contributed by atoms with van der Waals surface area (Å²) in [7, 11) is 2.52. The molecule has 0 unspecified atom stereocenters. The normalized spacial score (nSPS) is 10.7. The molecule has 2 aromatic carbocycles. The summed E-state index contributed by atoms with van der Waals surface area (Å²) in [5, 5.41) is 7.50. The summed E-state index contributed by atoms with van der Waals surface area (Å²) in [6, 6.07) is 13.3. The molecule has 36 heavy (non-hydrogen) atoms. The van der Waals surface area contributed by atoms with E-state index in [0.717, 1.165) is 11.3 Å². The Morgan fingerprint density at radius 1 is 0.917 bits per heavy atom. The first-order chi connectivity index (χ1) is 17.3. The zero-order chi connectivity index (χ0) is 25.8. The third-order valence-electron chi connectivity index (χ3n) is 5.58. The Morgan fingerprint density at radius 2 is 1.56 bits per heavy atom. The van der Waals surface area contributed by atoms with Gasteiger partial charge in [0, 0.05) is 28.2 Å². The highest BCUT2D eigenvalue weighted by molar-refractivity contribution is 5.99. The molecule has 0 saturated carbocycles. The topological polar surface area (TPSA) is 123 Å². The van der Waals surface area contributed by atoms with Gasteiger partial charge >= 0.3 is 11.9 Å². The number of aromatic nitrogens is 3. The molecule has 0 aliphatic heterocycles. The maximum Gasteiger partial charge on any atom is 0.337 e. The molecule has 0 amide bonds. The number of esters is 2. The van der Waals surface area contributed by atoms with Gasteiger partial charge < -0.3 is 23.2 Å². The number of carbonyl (C=O) groups excluding carboxylic acids is 3. The van der Waals surface area contributed by atoms with E-state index >= 15 is 0 Å². The van der Waals surface area contributed by atoms with Gasteiger partial charge in [0.1, 0.15) is 5.75 Å². The number of nitrogens with zero attached hydrogens (tertiary/aromatic N) is 3. The summed E-state index contributed by atoms with van der Waals surface area (Å²) in [6.45, 7) is 3.42. The first kappa shape index (κ1) is 24.4. The number of ketones is 1. The molecule has 0 aliphatic carbocycles. The van der Waals surface area contributed by atoms with Gasteiger partial charge in [0.25, 0.3) is 0 Å². The van der Waals surface area contributed by atoms with E-state index < -0.39 is 11.9 Å². The molecule has 0 bridgehead atoms. The van der Waals surface area contributed by atoms with Crippen molar-refractivity contribution in [2.45, 2.75) is 13.8 Å². The van der Waals surface area contributed by atoms with E-state index in [1.165, 1.54) is 26.7 Å². The van der Waals surface area contributed by atoms with Gasteiger partial charge in [-0.25, -0.2) is 9.59 Å². The summed E-state index contributed by atoms with van der Waals surface area (Å²) < 4.78 is 22.3. The quantitative estimate of drug-likeness (QED) is 0.267. The van der Waals surface area contributed by atoms with Crippen LogP contribution in [0.5, 0.6) is 5.75 Å². The van der Waals surface area contributed by atoms with Crippen molar-refractivity contribution in [1.29, 1.82) is 0 Å². The molecule has 0 fully saturated rings. The van der Waals surface area contributed by atoms with Crippen molar-refractivity contribution in [3.8, 4) is 22.9 Å². The van der Waals surface area contributed by atoms with Crippen LogP contribution in [0.25, 0.3) is 17.1 Å². The Kier molecular flexibility index (Phi) is 6.95. The number of hydrogen-bond donors (Lipinski definition) is 0. The predicted octanol–water partition coefficient (Wildman–Crippen LogP) is 3.98. The minimum Gasteiger partial charge on any atom is -0.485 e. The van der Waals surface area contributed by atoms with E-state index in [1.807, 2.05) is 6.92 Å². The molecule has 0 aliphatic rings. The Bertz CT molecular complexity index is 1390. The Balaban J connectivity index is 1.57. The van der Waals surface area contributed by atoms with Crippen molar-refractivity contribution < 1.29 is 33.0 Å². The average Bonchev–Trinajstić information content (AvgIpc) is 3.54. The van der Waals surface area contributed by atoms with E-state index in [1.54, 1.807) is 54.0 Å². The number of ether oxygens (including phenoxy) is 3. The van der Waals surface area contributed by atoms with Crippen LogP contribution in [-0.2, 0) is 9.47 Å². The molecule has 2 heterocycles. The van der Waals surface area contributed by atoms with Gasteiger partial charge in [-0.05, 0) is 62.4 Å². The molecule has 184 valence electrons. The van der Waals surface area contributed by atoms with Gasteiger partial charge in [0.2, 0.25) is 18.1 Å². The number of Topliss-reactive ketones (excluding diaryl/α,β-unsaturated/α-hetero) is 1. The smallest absolute Gasteiger partial charge is 0.337 e. The van der Waals surface area contributed by atoms with Gasteiger partial charge in [0.05, 0.1) is 25.3 Å². The molecule has 2 aromatic heterocycles. The number of methoxy groups -OCH3 is 2. The molecule has 10 heteroatoms. The van der Waals surface area contributed by atoms with Crippen LogP contribution in [0.2, 0.25) is 0 Å². The summed E-state index contributed by atoms with van der Waals surface area (Å²) >= 11 is 0. The van der Waals surface area contributed by atoms with Crippen molar-refractivity contribution in [1.82, 2.24) is 14.8 Å². The number of benzene rings is 2. The van der Waals surface area contributed by atoms with Crippen LogP contribution in [0.1, 0.15) is 42.5 Å². The van der Waals surface area contributed by atoms with E-state index in [9.17, 15) is 14.4 Å². The maximum atomic E-state index is 13.0. The number of rotatable bonds is 8. The van der Waals surface area contributed by atoms with Crippen molar-refractivity contribution in [3.63, 3.8) is 0 Å². The molecular formula is C26H23N3O7. The molecule has 0 spiro atoms. The lowest BCUT2D eigenvalue weighted by Gasteiger charge is -2.13. The van der Waals surface area contributed by atoms with Crippen LogP contribution in [0.3, 0.4) is 0 Å². The van der Waals surface area contributed by atoms with Gasteiger partial charge in [-0.15, -0.1) is 10.2 Å². The van der Waals surface area contributed by atoms with E-state index in [0.29, 0.717) is 28.6 Å². The molecular weight excluding hydrogens is 466 g/mol. The van der Waals surface area contributed by atoms with Crippen LogP contribution in [0.15, 0.2) is 59.3 Å². The van der Waals surface area contributed by atoms with Crippen molar-refractivity contribution in [3.05, 3.63) is 83.0 Å². The average molecular weight is 489 g/mol. The predicted molar refractivity (Wildman–Crippen MR) is 127 cm³/mol. The van der Waals surface area contributed by atoms with Crippen LogP contribution >= 0.6 is 0 Å². The van der Waals surface area contributed by atoms with Crippen molar-refractivity contribution >= 4 is 17.7 Å². The van der Waals surface area contributed by atoms with Gasteiger partial charge in [-0.3, -0.25) is 4.79 Å². The standard InChI is InChI=1S/C26H23N3O7/c1-15-9-22(23(30)13-35-21-7-5-17(6-8-21)24-28-27-14-36-24)16(2)29(15)20-11-18(25(31)33-3)10-19(12-20)26(32)34-4/h5-12,14H,13H2,1-4H3. The third-order valence-corrected chi connectivity index (χ3v) is 5.58. The maximum absolute atomic E-state index is 13.0. The third kappa shape index (κ3) is 4.88. The summed E-state index contributed by atoms with van der Waals surface area (Å²) in [4.78, 5) is 37.4. The fourth-order valence-corrected chi connectivity index (χ4v) is 3.87. The highest BCUT2D eigenvalue weighted by Crippen LogP contribution is 2.25. The lowest BCUT2D eigenvalue weighted by atomic mass is 10.1. The first-order valence-electron chi connectivity index (χ1n) is 10.9. The fourth-order valence-electron chi connectivity index (χ4n) is 3.87. The molecule has 10 nitrogen and oxygen atoms in total. The van der Waals surface area contributed by atoms with Crippen molar-refractivity contribution in [2.75, 3.05) is 20.8 Å². The van der Waals surface area contributed by atoms with E-state index in [-0.39, 0.29) is 23.5 Å². The van der Waals surface area contributed by atoms with Gasteiger partial charge in [-0.2, -0.15) is 0 Å². The van der Waals surface area contributed by atoms with Crippen LogP contribution < -0.4 is 4.74 Å². The molecule has 0 saturated heterocycles. The Hall–Kier alpha value is -4.73. The second-order valence-electron chi connectivity index (χ2n) is 7.85. The zero-order valence-electron chi connectivity index (χ0n) is 20.1. The highest BCUT2D eigenvalue weighted by Gasteiger charge is 2.20. The second-order valence-corrected chi connectivity index (χ2v) is 7.85. The molecule has 4 rings (SSSR count). The minimum atomic E-state index is -0.598. The van der Waals surface area contributed by atoms with Crippen LogP contribution in [-0.4, -0.2) is 53.3 Å². The number of carbonyl (C=O) groups is 3. The van der Waals surface area contributed by atoms with Crippen molar-refractivity contribution in [2.24, 2.45) is 0 Å². The lowest BCUT2D eigenvalue weighted by Crippen LogP contribution is -2.13. The Morgan fingerprint density at radius 3 is 2.11 bits per heavy atom. The molecule has 4 aromatic rings. The van der Waals surface area contributed by atoms with Gasteiger partial charge in [-0.1, -0.05) is 0 Å². The minimum absolute atomic E-state index is 0.181. The zero-order valence-corrected chi connectivity index (χ0v) is 20.1. The summed E-state index contributed by atoms with van der Waals surface area (Å²) in [5.74, 6) is -0.531. The fraction of sp³-hybridized carbons (Fsp3) is 0.192. The molecule has 0 radical (unpaired) electrons. The number of hydrogen-bond acceptors (Lipinski definition) is 9. The van der Waals surface area contributed by atoms with Gasteiger partial charge in [0.15, 0.2) is 6.61 Å². The molecule has 0 atom stereocenters. The second kappa shape index (κ2) is 10.3. The summed E-state index contributed by atoms with van der Waals surface area (Å²) in [6.07, 6.45) is 1.25.